The first-order valence-electron chi connectivity index (χ1n) is 10.0. The number of aliphatic hydroxyl groups is 4. The molecule has 5 atom stereocenters. The van der Waals surface area contributed by atoms with E-state index >= 15 is 0 Å². The number of benzene rings is 2. The van der Waals surface area contributed by atoms with E-state index in [0.29, 0.717) is 23.0 Å². The number of aromatic hydroxyl groups is 1. The Morgan fingerprint density at radius 2 is 1.88 bits per heavy atom. The van der Waals surface area contributed by atoms with Crippen molar-refractivity contribution in [3.05, 3.63) is 29.3 Å². The molecule has 1 saturated heterocycles. The minimum absolute atomic E-state index is 0.00654. The second kappa shape index (κ2) is 9.80. The third-order valence-corrected chi connectivity index (χ3v) is 5.44. The van der Waals surface area contributed by atoms with Gasteiger partial charge in [0.25, 0.3) is 0 Å². The summed E-state index contributed by atoms with van der Waals surface area (Å²) in [5.41, 5.74) is 0.515. The summed E-state index contributed by atoms with van der Waals surface area (Å²) in [4.78, 5) is 23.2. The molecule has 2 aromatic rings. The number of phenolic OH excluding ortho intramolecular Hbond substituents is 1. The molecule has 2 aromatic carbocycles. The number of phenols is 1. The Morgan fingerprint density at radius 3 is 2.50 bits per heavy atom. The number of aldehydes is 1. The second-order valence-electron chi connectivity index (χ2n) is 7.58. The maximum atomic E-state index is 12.6. The molecule has 10 nitrogen and oxygen atoms in total. The quantitative estimate of drug-likeness (QED) is 0.277. The number of hydrogen-bond acceptors (Lipinski definition) is 10. The first-order valence-corrected chi connectivity index (χ1v) is 10.0. The Labute approximate surface area is 183 Å². The van der Waals surface area contributed by atoms with E-state index in [1.54, 1.807) is 19.1 Å². The molecule has 1 aliphatic rings. The fourth-order valence-electron chi connectivity index (χ4n) is 3.76. The molecule has 10 heteroatoms. The first kappa shape index (κ1) is 23.9. The predicted molar refractivity (Wildman–Crippen MR) is 111 cm³/mol. The van der Waals surface area contributed by atoms with Crippen molar-refractivity contribution in [1.29, 1.82) is 0 Å². The lowest BCUT2D eigenvalue weighted by atomic mass is 9.95. The topological polar surface area (TPSA) is 163 Å². The van der Waals surface area contributed by atoms with Gasteiger partial charge in [0, 0.05) is 18.9 Å². The van der Waals surface area contributed by atoms with Crippen LogP contribution in [0.1, 0.15) is 28.8 Å². The smallest absolute Gasteiger partial charge is 0.229 e. The predicted octanol–water partition coefficient (Wildman–Crippen LogP) is 0.203. The van der Waals surface area contributed by atoms with Crippen LogP contribution in [-0.4, -0.2) is 82.0 Å². The summed E-state index contributed by atoms with van der Waals surface area (Å²) in [6.45, 7) is 1.01. The summed E-state index contributed by atoms with van der Waals surface area (Å²) in [5, 5.41) is 51.3. The minimum atomic E-state index is -1.67. The Kier molecular flexibility index (Phi) is 7.32. The maximum Gasteiger partial charge on any atom is 0.229 e. The molecule has 0 aromatic heterocycles. The van der Waals surface area contributed by atoms with Crippen LogP contribution in [0.4, 0.5) is 0 Å². The van der Waals surface area contributed by atoms with Gasteiger partial charge in [-0.25, -0.2) is 0 Å². The van der Waals surface area contributed by atoms with Crippen molar-refractivity contribution >= 4 is 22.8 Å². The zero-order valence-corrected chi connectivity index (χ0v) is 17.6. The molecule has 174 valence electrons. The number of ketones is 1. The Morgan fingerprint density at radius 1 is 1.16 bits per heavy atom. The molecular formula is C22H26O10. The van der Waals surface area contributed by atoms with Gasteiger partial charge >= 0.3 is 0 Å². The Balaban J connectivity index is 2.10. The lowest BCUT2D eigenvalue weighted by molar-refractivity contribution is -0.277. The number of methoxy groups -OCH3 is 1. The normalized spacial score (nSPS) is 25.5. The van der Waals surface area contributed by atoms with Crippen LogP contribution in [0.15, 0.2) is 18.2 Å². The van der Waals surface area contributed by atoms with E-state index in [1.165, 1.54) is 13.2 Å². The van der Waals surface area contributed by atoms with Crippen LogP contribution < -0.4 is 9.47 Å². The van der Waals surface area contributed by atoms with E-state index in [0.717, 1.165) is 0 Å². The molecule has 1 fully saturated rings. The number of fused-ring (bicyclic) bond motifs is 1. The zero-order valence-electron chi connectivity index (χ0n) is 17.6. The molecule has 3 rings (SSSR count). The fourth-order valence-corrected chi connectivity index (χ4v) is 3.76. The molecule has 5 N–H and O–H groups in total. The molecule has 1 heterocycles. The number of hydrogen-bond donors (Lipinski definition) is 5. The summed E-state index contributed by atoms with van der Waals surface area (Å²) in [6, 6.07) is 4.66. The van der Waals surface area contributed by atoms with Gasteiger partial charge in [-0.2, -0.15) is 0 Å². The highest BCUT2D eigenvalue weighted by Gasteiger charge is 2.45. The van der Waals surface area contributed by atoms with E-state index in [1.807, 2.05) is 0 Å². The van der Waals surface area contributed by atoms with Gasteiger partial charge in [0.05, 0.1) is 24.7 Å². The SMILES string of the molecule is COc1cc(OC2OC(CO)C(O)C(O)C2O)c2c(O)c(C(=O)CCC=O)c(C)cc2c1. The number of carbonyl (C=O) groups excluding carboxylic acids is 2. The molecule has 0 aliphatic carbocycles. The van der Waals surface area contributed by atoms with Crippen LogP contribution in [0.2, 0.25) is 0 Å². The van der Waals surface area contributed by atoms with Gasteiger partial charge in [0.15, 0.2) is 5.78 Å². The van der Waals surface area contributed by atoms with Crippen LogP contribution in [0, 0.1) is 6.92 Å². The molecular weight excluding hydrogens is 424 g/mol. The number of Topliss-reactive ketones (excluding diaryl/α,β-unsaturated/α-hetero) is 1. The van der Waals surface area contributed by atoms with E-state index in [-0.39, 0.29) is 35.3 Å². The van der Waals surface area contributed by atoms with E-state index in [4.69, 9.17) is 14.2 Å². The maximum absolute atomic E-state index is 12.6. The number of carbonyl (C=O) groups is 2. The van der Waals surface area contributed by atoms with Crippen molar-refractivity contribution in [1.82, 2.24) is 0 Å². The summed E-state index contributed by atoms with van der Waals surface area (Å²) in [7, 11) is 1.42. The second-order valence-corrected chi connectivity index (χ2v) is 7.58. The van der Waals surface area contributed by atoms with E-state index in [9.17, 15) is 35.1 Å². The lowest BCUT2D eigenvalue weighted by Gasteiger charge is -2.39. The molecule has 0 bridgehead atoms. The molecule has 0 spiro atoms. The summed E-state index contributed by atoms with van der Waals surface area (Å²) >= 11 is 0. The number of aliphatic hydroxyl groups excluding tert-OH is 4. The summed E-state index contributed by atoms with van der Waals surface area (Å²) in [5.74, 6) is -0.483. The molecule has 0 amide bonds. The third-order valence-electron chi connectivity index (χ3n) is 5.44. The number of rotatable bonds is 8. The average molecular weight is 450 g/mol. The van der Waals surface area contributed by atoms with Gasteiger partial charge < -0.3 is 44.5 Å². The monoisotopic (exact) mass is 450 g/mol. The summed E-state index contributed by atoms with van der Waals surface area (Å²) < 4.78 is 16.4. The third kappa shape index (κ3) is 4.41. The van der Waals surface area contributed by atoms with Gasteiger partial charge in [0.2, 0.25) is 6.29 Å². The first-order chi connectivity index (χ1) is 15.2. The molecule has 1 aliphatic heterocycles. The summed E-state index contributed by atoms with van der Waals surface area (Å²) in [6.07, 6.45) is -7.04. The van der Waals surface area contributed by atoms with Crippen molar-refractivity contribution < 1.29 is 49.3 Å². The van der Waals surface area contributed by atoms with Crippen LogP contribution >= 0.6 is 0 Å². The van der Waals surface area contributed by atoms with Crippen LogP contribution in [0.25, 0.3) is 10.8 Å². The Hall–Kier alpha value is -2.76. The molecule has 0 saturated carbocycles. The largest absolute Gasteiger partial charge is 0.506 e. The molecule has 32 heavy (non-hydrogen) atoms. The van der Waals surface area contributed by atoms with Gasteiger partial charge in [-0.1, -0.05) is 6.07 Å². The molecule has 0 radical (unpaired) electrons. The van der Waals surface area contributed by atoms with Crippen molar-refractivity contribution in [2.75, 3.05) is 13.7 Å². The van der Waals surface area contributed by atoms with Gasteiger partial charge in [-0.3, -0.25) is 4.79 Å². The van der Waals surface area contributed by atoms with Crippen molar-refractivity contribution in [3.63, 3.8) is 0 Å². The molecule has 5 unspecified atom stereocenters. The average Bonchev–Trinajstić information content (AvgIpc) is 2.77. The van der Waals surface area contributed by atoms with Crippen molar-refractivity contribution in [2.24, 2.45) is 0 Å². The van der Waals surface area contributed by atoms with E-state index < -0.39 is 43.1 Å². The number of ether oxygens (including phenoxy) is 3. The van der Waals surface area contributed by atoms with Crippen LogP contribution in [0.5, 0.6) is 17.2 Å². The highest BCUT2D eigenvalue weighted by atomic mass is 16.7. The highest BCUT2D eigenvalue weighted by molar-refractivity contribution is 6.08. The number of aryl methyl sites for hydroxylation is 1. The lowest BCUT2D eigenvalue weighted by Crippen LogP contribution is -2.60. The van der Waals surface area contributed by atoms with Gasteiger partial charge in [-0.05, 0) is 23.9 Å². The van der Waals surface area contributed by atoms with Crippen molar-refractivity contribution in [3.8, 4) is 17.2 Å². The van der Waals surface area contributed by atoms with Gasteiger partial charge in [-0.15, -0.1) is 0 Å². The van der Waals surface area contributed by atoms with E-state index in [2.05, 4.69) is 0 Å². The highest BCUT2D eigenvalue weighted by Crippen LogP contribution is 2.42. The standard InChI is InChI=1S/C22H26O10/c1-10-6-11-7-12(30-2)8-14(17(11)19(27)16(10)13(25)4-3-5-23)31-22-21(29)20(28)18(26)15(9-24)32-22/h5-8,15,18,20-22,24,26-29H,3-4,9H2,1-2H3. The zero-order chi connectivity index (χ0) is 23.6. The minimum Gasteiger partial charge on any atom is -0.506 e. The van der Waals surface area contributed by atoms with Crippen LogP contribution in [0.3, 0.4) is 0 Å². The van der Waals surface area contributed by atoms with Crippen molar-refractivity contribution in [2.45, 2.75) is 50.5 Å². The fraction of sp³-hybridized carbons (Fsp3) is 0.455. The van der Waals surface area contributed by atoms with Gasteiger partial charge in [0.1, 0.15) is 48.0 Å². The Bertz CT molecular complexity index is 1000. The van der Waals surface area contributed by atoms with Crippen LogP contribution in [-0.2, 0) is 9.53 Å².